The van der Waals surface area contributed by atoms with Crippen molar-refractivity contribution >= 4 is 5.96 Å². The first-order valence-electron chi connectivity index (χ1n) is 6.71. The maximum absolute atomic E-state index is 6.16. The van der Waals surface area contributed by atoms with Gasteiger partial charge in [-0.05, 0) is 33.6 Å². The molecule has 2 unspecified atom stereocenters. The van der Waals surface area contributed by atoms with Crippen LogP contribution in [0.1, 0.15) is 46.5 Å². The van der Waals surface area contributed by atoms with Crippen LogP contribution in [0.2, 0.25) is 0 Å². The summed E-state index contributed by atoms with van der Waals surface area (Å²) in [5, 5.41) is 0. The van der Waals surface area contributed by atoms with Crippen LogP contribution in [0, 0.1) is 0 Å². The van der Waals surface area contributed by atoms with Crippen LogP contribution in [-0.4, -0.2) is 41.7 Å². The summed E-state index contributed by atoms with van der Waals surface area (Å²) in [7, 11) is 0. The molecule has 0 radical (unpaired) electrons. The van der Waals surface area contributed by atoms with Crippen LogP contribution in [0.3, 0.4) is 0 Å². The first kappa shape index (κ1) is 12.7. The molecule has 0 aromatic carbocycles. The first-order valence-corrected chi connectivity index (χ1v) is 6.71. The SMILES string of the molecule is CC(C)(C)N=C(N)N1CCOC2CCCCC21. The predicted octanol–water partition coefficient (Wildman–Crippen LogP) is 1.74. The third-order valence-electron chi connectivity index (χ3n) is 3.48. The topological polar surface area (TPSA) is 50.8 Å². The molecule has 1 aliphatic carbocycles. The Bertz CT molecular complexity index is 294. The molecule has 98 valence electrons. The van der Waals surface area contributed by atoms with Gasteiger partial charge in [0.1, 0.15) is 0 Å². The summed E-state index contributed by atoms with van der Waals surface area (Å²) in [5.41, 5.74) is 6.06. The summed E-state index contributed by atoms with van der Waals surface area (Å²) >= 11 is 0. The molecule has 4 nitrogen and oxygen atoms in total. The highest BCUT2D eigenvalue weighted by atomic mass is 16.5. The lowest BCUT2D eigenvalue weighted by Crippen LogP contribution is -2.57. The van der Waals surface area contributed by atoms with Crippen LogP contribution in [0.5, 0.6) is 0 Å². The number of hydrogen-bond donors (Lipinski definition) is 1. The van der Waals surface area contributed by atoms with E-state index in [1.165, 1.54) is 25.7 Å². The largest absolute Gasteiger partial charge is 0.374 e. The van der Waals surface area contributed by atoms with Gasteiger partial charge >= 0.3 is 0 Å². The number of aliphatic imine (C=N–C) groups is 1. The van der Waals surface area contributed by atoms with Crippen LogP contribution in [0.15, 0.2) is 4.99 Å². The molecule has 2 aliphatic rings. The first-order chi connectivity index (χ1) is 7.97. The third-order valence-corrected chi connectivity index (χ3v) is 3.48. The summed E-state index contributed by atoms with van der Waals surface area (Å²) < 4.78 is 5.84. The fourth-order valence-electron chi connectivity index (χ4n) is 2.79. The normalized spacial score (nSPS) is 31.2. The van der Waals surface area contributed by atoms with Crippen LogP contribution in [0.25, 0.3) is 0 Å². The van der Waals surface area contributed by atoms with E-state index in [4.69, 9.17) is 10.5 Å². The van der Waals surface area contributed by atoms with Crippen molar-refractivity contribution in [3.8, 4) is 0 Å². The van der Waals surface area contributed by atoms with Crippen LogP contribution in [0.4, 0.5) is 0 Å². The number of nitrogens with zero attached hydrogens (tertiary/aromatic N) is 2. The van der Waals surface area contributed by atoms with E-state index in [9.17, 15) is 0 Å². The molecule has 0 spiro atoms. The highest BCUT2D eigenvalue weighted by Gasteiger charge is 2.35. The van der Waals surface area contributed by atoms with Gasteiger partial charge in [-0.1, -0.05) is 12.8 Å². The Morgan fingerprint density at radius 1 is 1.29 bits per heavy atom. The van der Waals surface area contributed by atoms with E-state index < -0.39 is 0 Å². The number of fused-ring (bicyclic) bond motifs is 1. The number of morpholine rings is 1. The third kappa shape index (κ3) is 3.12. The minimum Gasteiger partial charge on any atom is -0.374 e. The Labute approximate surface area is 104 Å². The predicted molar refractivity (Wildman–Crippen MR) is 70.1 cm³/mol. The van der Waals surface area contributed by atoms with Crippen molar-refractivity contribution in [3.05, 3.63) is 0 Å². The second-order valence-corrected chi connectivity index (χ2v) is 6.10. The number of rotatable bonds is 0. The fourth-order valence-corrected chi connectivity index (χ4v) is 2.79. The number of guanidine groups is 1. The van der Waals surface area contributed by atoms with Gasteiger partial charge in [0.2, 0.25) is 0 Å². The van der Waals surface area contributed by atoms with E-state index in [1.54, 1.807) is 0 Å². The van der Waals surface area contributed by atoms with Gasteiger partial charge in [0.15, 0.2) is 5.96 Å². The maximum Gasteiger partial charge on any atom is 0.192 e. The fraction of sp³-hybridized carbons (Fsp3) is 0.923. The average Bonchev–Trinajstić information content (AvgIpc) is 2.26. The molecule has 2 rings (SSSR count). The van der Waals surface area contributed by atoms with Crippen molar-refractivity contribution < 1.29 is 4.74 Å². The monoisotopic (exact) mass is 239 g/mol. The van der Waals surface area contributed by atoms with E-state index in [-0.39, 0.29) is 5.54 Å². The Hall–Kier alpha value is -0.770. The molecule has 2 atom stereocenters. The molecule has 1 heterocycles. The van der Waals surface area contributed by atoms with Crippen molar-refractivity contribution in [3.63, 3.8) is 0 Å². The van der Waals surface area contributed by atoms with Crippen molar-refractivity contribution in [2.75, 3.05) is 13.2 Å². The smallest absolute Gasteiger partial charge is 0.192 e. The lowest BCUT2D eigenvalue weighted by molar-refractivity contribution is -0.0642. The van der Waals surface area contributed by atoms with E-state index in [0.29, 0.717) is 18.1 Å². The summed E-state index contributed by atoms with van der Waals surface area (Å²) in [6, 6.07) is 0.448. The molecular formula is C13H25N3O. The number of nitrogens with two attached hydrogens (primary N) is 1. The van der Waals surface area contributed by atoms with E-state index in [2.05, 4.69) is 30.7 Å². The molecular weight excluding hydrogens is 214 g/mol. The van der Waals surface area contributed by atoms with Gasteiger partial charge in [-0.15, -0.1) is 0 Å². The van der Waals surface area contributed by atoms with Gasteiger partial charge in [-0.25, -0.2) is 4.99 Å². The lowest BCUT2D eigenvalue weighted by atomic mass is 9.90. The number of ether oxygens (including phenoxy) is 1. The molecule has 1 saturated carbocycles. The zero-order valence-electron chi connectivity index (χ0n) is 11.3. The Balaban J connectivity index is 2.11. The Morgan fingerprint density at radius 3 is 2.71 bits per heavy atom. The van der Waals surface area contributed by atoms with Gasteiger partial charge in [0.25, 0.3) is 0 Å². The summed E-state index contributed by atoms with van der Waals surface area (Å²) in [6.45, 7) is 7.91. The molecule has 4 heteroatoms. The maximum atomic E-state index is 6.16. The van der Waals surface area contributed by atoms with Crippen molar-refractivity contribution in [2.24, 2.45) is 10.7 Å². The molecule has 17 heavy (non-hydrogen) atoms. The minimum atomic E-state index is -0.105. The second-order valence-electron chi connectivity index (χ2n) is 6.10. The molecule has 1 saturated heterocycles. The van der Waals surface area contributed by atoms with Gasteiger partial charge < -0.3 is 15.4 Å². The van der Waals surface area contributed by atoms with Crippen LogP contribution < -0.4 is 5.73 Å². The van der Waals surface area contributed by atoms with E-state index in [0.717, 1.165) is 13.2 Å². The summed E-state index contributed by atoms with van der Waals surface area (Å²) in [5.74, 6) is 0.692. The van der Waals surface area contributed by atoms with Gasteiger partial charge in [-0.3, -0.25) is 0 Å². The highest BCUT2D eigenvalue weighted by molar-refractivity contribution is 5.79. The average molecular weight is 239 g/mol. The van der Waals surface area contributed by atoms with Gasteiger partial charge in [-0.2, -0.15) is 0 Å². The zero-order chi connectivity index (χ0) is 12.5. The molecule has 2 N–H and O–H groups in total. The Morgan fingerprint density at radius 2 is 2.00 bits per heavy atom. The molecule has 0 aromatic rings. The molecule has 2 fully saturated rings. The molecule has 0 aromatic heterocycles. The van der Waals surface area contributed by atoms with Crippen LogP contribution in [-0.2, 0) is 4.74 Å². The Kier molecular flexibility index (Phi) is 3.61. The summed E-state index contributed by atoms with van der Waals surface area (Å²) in [6.07, 6.45) is 5.29. The van der Waals surface area contributed by atoms with Crippen LogP contribution >= 0.6 is 0 Å². The molecule has 1 aliphatic heterocycles. The van der Waals surface area contributed by atoms with E-state index >= 15 is 0 Å². The summed E-state index contributed by atoms with van der Waals surface area (Å²) in [4.78, 5) is 6.85. The zero-order valence-corrected chi connectivity index (χ0v) is 11.3. The van der Waals surface area contributed by atoms with Crippen molar-refractivity contribution in [1.29, 1.82) is 0 Å². The standard InChI is InChI=1S/C13H25N3O/c1-13(2,3)15-12(14)16-8-9-17-11-7-5-4-6-10(11)16/h10-11H,4-9H2,1-3H3,(H2,14,15). The molecule has 0 bridgehead atoms. The van der Waals surface area contributed by atoms with Crippen molar-refractivity contribution in [1.82, 2.24) is 4.90 Å². The van der Waals surface area contributed by atoms with Crippen molar-refractivity contribution in [2.45, 2.75) is 64.1 Å². The van der Waals surface area contributed by atoms with Gasteiger partial charge in [0, 0.05) is 6.54 Å². The van der Waals surface area contributed by atoms with E-state index in [1.807, 2.05) is 0 Å². The molecule has 0 amide bonds. The minimum absolute atomic E-state index is 0.105. The number of hydrogen-bond acceptors (Lipinski definition) is 2. The highest BCUT2D eigenvalue weighted by Crippen LogP contribution is 2.28. The lowest BCUT2D eigenvalue weighted by Gasteiger charge is -2.44. The quantitative estimate of drug-likeness (QED) is 0.517. The van der Waals surface area contributed by atoms with Gasteiger partial charge in [0.05, 0.1) is 24.3 Å². The second kappa shape index (κ2) is 4.84.